The summed E-state index contributed by atoms with van der Waals surface area (Å²) in [5.74, 6) is 1.49. The average molecular weight is 203 g/mol. The second kappa shape index (κ2) is 4.26. The quantitative estimate of drug-likeness (QED) is 0.689. The van der Waals surface area contributed by atoms with Crippen molar-refractivity contribution in [1.82, 2.24) is 0 Å². The lowest BCUT2D eigenvalue weighted by Gasteiger charge is -2.31. The van der Waals surface area contributed by atoms with E-state index in [2.05, 4.69) is 26.0 Å². The van der Waals surface area contributed by atoms with Crippen LogP contribution in [0, 0.1) is 12.8 Å². The Morgan fingerprint density at radius 2 is 1.93 bits per heavy atom. The molecule has 1 fully saturated rings. The molecule has 0 saturated heterocycles. The summed E-state index contributed by atoms with van der Waals surface area (Å²) >= 11 is 0. The fourth-order valence-corrected chi connectivity index (χ4v) is 2.95. The minimum Gasteiger partial charge on any atom is -0.398 e. The van der Waals surface area contributed by atoms with Gasteiger partial charge in [-0.2, -0.15) is 0 Å². The lowest BCUT2D eigenvalue weighted by molar-refractivity contribution is 0.330. The summed E-state index contributed by atoms with van der Waals surface area (Å²) in [5, 5.41) is 0. The summed E-state index contributed by atoms with van der Waals surface area (Å²) in [5.41, 5.74) is 9.90. The van der Waals surface area contributed by atoms with E-state index in [4.69, 9.17) is 5.73 Å². The smallest absolute Gasteiger partial charge is 0.0352 e. The van der Waals surface area contributed by atoms with E-state index in [0.29, 0.717) is 5.92 Å². The molecule has 1 aliphatic carbocycles. The van der Waals surface area contributed by atoms with Gasteiger partial charge in [-0.25, -0.2) is 0 Å². The molecule has 1 saturated carbocycles. The average Bonchev–Trinajstić information content (AvgIpc) is 2.20. The van der Waals surface area contributed by atoms with Crippen LogP contribution in [0.4, 0.5) is 5.69 Å². The van der Waals surface area contributed by atoms with E-state index in [1.165, 1.54) is 36.8 Å². The van der Waals surface area contributed by atoms with Gasteiger partial charge in [0.2, 0.25) is 0 Å². The second-order valence-corrected chi connectivity index (χ2v) is 4.95. The Bertz CT molecular complexity index is 323. The summed E-state index contributed by atoms with van der Waals surface area (Å²) in [6.07, 6.45) is 5.43. The maximum Gasteiger partial charge on any atom is 0.0352 e. The zero-order valence-electron chi connectivity index (χ0n) is 9.79. The molecule has 0 unspecified atom stereocenters. The van der Waals surface area contributed by atoms with Crippen LogP contribution in [0.15, 0.2) is 18.2 Å². The molecule has 0 bridgehead atoms. The SMILES string of the molecule is Cc1cccc(N)c1[C@H]1CCCC[C@H]1C. The van der Waals surface area contributed by atoms with Crippen molar-refractivity contribution in [2.45, 2.75) is 45.4 Å². The topological polar surface area (TPSA) is 26.0 Å². The molecule has 15 heavy (non-hydrogen) atoms. The predicted octanol–water partition coefficient (Wildman–Crippen LogP) is 3.87. The van der Waals surface area contributed by atoms with Gasteiger partial charge in [0.1, 0.15) is 0 Å². The van der Waals surface area contributed by atoms with Gasteiger partial charge >= 0.3 is 0 Å². The van der Waals surface area contributed by atoms with Crippen molar-refractivity contribution in [3.05, 3.63) is 29.3 Å². The van der Waals surface area contributed by atoms with Gasteiger partial charge in [-0.05, 0) is 42.4 Å². The number of hydrogen-bond donors (Lipinski definition) is 1. The standard InChI is InChI=1S/C14H21N/c1-10-6-3-4-8-12(10)14-11(2)7-5-9-13(14)15/h5,7,9-10,12H,3-4,6,8,15H2,1-2H3/t10-,12+/m1/s1. The highest BCUT2D eigenvalue weighted by atomic mass is 14.6. The first-order valence-electron chi connectivity index (χ1n) is 6.05. The molecule has 2 N–H and O–H groups in total. The number of rotatable bonds is 1. The Balaban J connectivity index is 2.35. The Morgan fingerprint density at radius 3 is 2.60 bits per heavy atom. The van der Waals surface area contributed by atoms with Crippen LogP contribution in [0.5, 0.6) is 0 Å². The summed E-state index contributed by atoms with van der Waals surface area (Å²) in [6, 6.07) is 6.29. The van der Waals surface area contributed by atoms with Gasteiger partial charge < -0.3 is 5.73 Å². The predicted molar refractivity (Wildman–Crippen MR) is 66.0 cm³/mol. The second-order valence-electron chi connectivity index (χ2n) is 4.95. The summed E-state index contributed by atoms with van der Waals surface area (Å²) in [6.45, 7) is 4.56. The first-order chi connectivity index (χ1) is 7.20. The molecule has 2 atom stereocenters. The van der Waals surface area contributed by atoms with Crippen molar-refractivity contribution in [3.63, 3.8) is 0 Å². The highest BCUT2D eigenvalue weighted by Crippen LogP contribution is 2.40. The van der Waals surface area contributed by atoms with E-state index in [-0.39, 0.29) is 0 Å². The minimum absolute atomic E-state index is 0.694. The molecule has 1 aromatic carbocycles. The maximum atomic E-state index is 6.11. The molecule has 0 aromatic heterocycles. The molecule has 0 heterocycles. The number of nitrogen functional groups attached to an aromatic ring is 1. The lowest BCUT2D eigenvalue weighted by atomic mass is 9.75. The number of anilines is 1. The van der Waals surface area contributed by atoms with E-state index in [1.54, 1.807) is 0 Å². The van der Waals surface area contributed by atoms with Crippen LogP contribution in [0.25, 0.3) is 0 Å². The molecule has 82 valence electrons. The van der Waals surface area contributed by atoms with Gasteiger partial charge in [-0.15, -0.1) is 0 Å². The zero-order valence-corrected chi connectivity index (χ0v) is 9.79. The normalized spacial score (nSPS) is 26.5. The zero-order chi connectivity index (χ0) is 10.8. The van der Waals surface area contributed by atoms with Crippen LogP contribution in [-0.2, 0) is 0 Å². The molecule has 1 heteroatoms. The van der Waals surface area contributed by atoms with Crippen molar-refractivity contribution in [3.8, 4) is 0 Å². The highest BCUT2D eigenvalue weighted by Gasteiger charge is 2.25. The Hall–Kier alpha value is -0.980. The number of aryl methyl sites for hydroxylation is 1. The van der Waals surface area contributed by atoms with Crippen LogP contribution >= 0.6 is 0 Å². The van der Waals surface area contributed by atoms with E-state index in [1.807, 2.05) is 6.07 Å². The molecule has 1 aromatic rings. The number of hydrogen-bond acceptors (Lipinski definition) is 1. The van der Waals surface area contributed by atoms with Crippen LogP contribution < -0.4 is 5.73 Å². The third-order valence-corrected chi connectivity index (χ3v) is 3.84. The van der Waals surface area contributed by atoms with Gasteiger partial charge in [0.15, 0.2) is 0 Å². The van der Waals surface area contributed by atoms with Crippen molar-refractivity contribution in [1.29, 1.82) is 0 Å². The number of nitrogens with two attached hydrogens (primary N) is 1. The first-order valence-corrected chi connectivity index (χ1v) is 6.05. The summed E-state index contributed by atoms with van der Waals surface area (Å²) in [4.78, 5) is 0. The molecule has 0 amide bonds. The van der Waals surface area contributed by atoms with Gasteiger partial charge in [-0.3, -0.25) is 0 Å². The molecule has 0 aliphatic heterocycles. The fraction of sp³-hybridized carbons (Fsp3) is 0.571. The maximum absolute atomic E-state index is 6.11. The van der Waals surface area contributed by atoms with Gasteiger partial charge in [0.05, 0.1) is 0 Å². The van der Waals surface area contributed by atoms with E-state index < -0.39 is 0 Å². The van der Waals surface area contributed by atoms with Crippen LogP contribution in [0.2, 0.25) is 0 Å². The van der Waals surface area contributed by atoms with Crippen molar-refractivity contribution in [2.75, 3.05) is 5.73 Å². The third-order valence-electron chi connectivity index (χ3n) is 3.84. The lowest BCUT2D eigenvalue weighted by Crippen LogP contribution is -2.17. The summed E-state index contributed by atoms with van der Waals surface area (Å²) in [7, 11) is 0. The molecule has 0 spiro atoms. The van der Waals surface area contributed by atoms with Crippen molar-refractivity contribution >= 4 is 5.69 Å². The Morgan fingerprint density at radius 1 is 1.20 bits per heavy atom. The van der Waals surface area contributed by atoms with Gasteiger partial charge in [0, 0.05) is 5.69 Å². The Labute approximate surface area is 92.7 Å². The first kappa shape index (κ1) is 10.5. The van der Waals surface area contributed by atoms with Crippen LogP contribution in [-0.4, -0.2) is 0 Å². The molecular formula is C14H21N. The number of benzene rings is 1. The van der Waals surface area contributed by atoms with Crippen LogP contribution in [0.3, 0.4) is 0 Å². The van der Waals surface area contributed by atoms with E-state index in [0.717, 1.165) is 11.6 Å². The fourth-order valence-electron chi connectivity index (χ4n) is 2.95. The van der Waals surface area contributed by atoms with Crippen molar-refractivity contribution < 1.29 is 0 Å². The molecule has 0 radical (unpaired) electrons. The molecular weight excluding hydrogens is 182 g/mol. The summed E-state index contributed by atoms with van der Waals surface area (Å²) < 4.78 is 0. The minimum atomic E-state index is 0.694. The van der Waals surface area contributed by atoms with Crippen molar-refractivity contribution in [2.24, 2.45) is 5.92 Å². The Kier molecular flexibility index (Phi) is 2.99. The van der Waals surface area contributed by atoms with Crippen LogP contribution in [0.1, 0.15) is 49.7 Å². The molecule has 1 aliphatic rings. The van der Waals surface area contributed by atoms with Gasteiger partial charge in [0.25, 0.3) is 0 Å². The molecule has 2 rings (SSSR count). The largest absolute Gasteiger partial charge is 0.398 e. The monoisotopic (exact) mass is 203 g/mol. The highest BCUT2D eigenvalue weighted by molar-refractivity contribution is 5.52. The van der Waals surface area contributed by atoms with Gasteiger partial charge in [-0.1, -0.05) is 38.3 Å². The third kappa shape index (κ3) is 2.01. The van der Waals surface area contributed by atoms with E-state index >= 15 is 0 Å². The van der Waals surface area contributed by atoms with E-state index in [9.17, 15) is 0 Å². The molecule has 1 nitrogen and oxygen atoms in total.